The highest BCUT2D eigenvalue weighted by molar-refractivity contribution is 4.77. The molecule has 0 aromatic heterocycles. The summed E-state index contributed by atoms with van der Waals surface area (Å²) in [7, 11) is 4.25. The van der Waals surface area contributed by atoms with Gasteiger partial charge in [0.1, 0.15) is 0 Å². The number of rotatable bonds is 4. The van der Waals surface area contributed by atoms with Crippen LogP contribution in [0.15, 0.2) is 0 Å². The Bertz CT molecular complexity index is 141. The van der Waals surface area contributed by atoms with Gasteiger partial charge in [-0.15, -0.1) is 0 Å². The van der Waals surface area contributed by atoms with Crippen molar-refractivity contribution in [1.29, 1.82) is 0 Å². The molecule has 0 radical (unpaired) electrons. The number of nitrogens with zero attached hydrogens (tertiary/aromatic N) is 2. The lowest BCUT2D eigenvalue weighted by Crippen LogP contribution is -2.51. The number of hydrogen-bond acceptors (Lipinski definition) is 3. The van der Waals surface area contributed by atoms with Crippen LogP contribution in [0.1, 0.15) is 13.8 Å². The summed E-state index contributed by atoms with van der Waals surface area (Å²) < 4.78 is 5.53. The highest BCUT2D eigenvalue weighted by atomic mass is 16.5. The monoisotopic (exact) mass is 200 g/mol. The van der Waals surface area contributed by atoms with Gasteiger partial charge in [-0.1, -0.05) is 13.8 Å². The van der Waals surface area contributed by atoms with Gasteiger partial charge in [0.2, 0.25) is 0 Å². The van der Waals surface area contributed by atoms with Crippen LogP contribution < -0.4 is 0 Å². The molecule has 1 fully saturated rings. The second-order valence-electron chi connectivity index (χ2n) is 4.88. The molecule has 0 N–H and O–H groups in total. The first-order valence-electron chi connectivity index (χ1n) is 5.56. The number of ether oxygens (including phenoxy) is 1. The van der Waals surface area contributed by atoms with Gasteiger partial charge >= 0.3 is 0 Å². The standard InChI is InChI=1S/C11H24N2O/c1-10(2)7-13-5-6-14-9-11(13)8-12(3)4/h10-11H,5-9H2,1-4H3. The predicted molar refractivity (Wildman–Crippen MR) is 59.6 cm³/mol. The molecule has 0 aromatic rings. The van der Waals surface area contributed by atoms with Gasteiger partial charge in [-0.25, -0.2) is 0 Å². The lowest BCUT2D eigenvalue weighted by atomic mass is 10.1. The molecule has 1 aliphatic rings. The van der Waals surface area contributed by atoms with E-state index in [1.165, 1.54) is 6.54 Å². The number of morpholine rings is 1. The van der Waals surface area contributed by atoms with Crippen molar-refractivity contribution in [2.24, 2.45) is 5.92 Å². The van der Waals surface area contributed by atoms with E-state index in [0.29, 0.717) is 6.04 Å². The molecule has 0 aromatic carbocycles. The molecule has 1 heterocycles. The molecular weight excluding hydrogens is 176 g/mol. The Morgan fingerprint density at radius 1 is 1.43 bits per heavy atom. The maximum absolute atomic E-state index is 5.53. The van der Waals surface area contributed by atoms with Gasteiger partial charge in [-0.3, -0.25) is 4.90 Å². The Hall–Kier alpha value is -0.120. The Balaban J connectivity index is 2.41. The first-order chi connectivity index (χ1) is 6.59. The molecule has 0 spiro atoms. The predicted octanol–water partition coefficient (Wildman–Crippen LogP) is 0.905. The van der Waals surface area contributed by atoms with Crippen LogP contribution in [0.25, 0.3) is 0 Å². The maximum atomic E-state index is 5.53. The van der Waals surface area contributed by atoms with Crippen molar-refractivity contribution in [2.75, 3.05) is 46.9 Å². The number of hydrogen-bond donors (Lipinski definition) is 0. The molecule has 1 atom stereocenters. The van der Waals surface area contributed by atoms with Gasteiger partial charge in [-0.2, -0.15) is 0 Å². The van der Waals surface area contributed by atoms with Crippen molar-refractivity contribution >= 4 is 0 Å². The Labute approximate surface area is 88.0 Å². The van der Waals surface area contributed by atoms with E-state index in [1.807, 2.05) is 0 Å². The molecule has 1 saturated heterocycles. The van der Waals surface area contributed by atoms with E-state index in [9.17, 15) is 0 Å². The molecule has 0 amide bonds. The van der Waals surface area contributed by atoms with E-state index in [0.717, 1.165) is 32.2 Å². The van der Waals surface area contributed by atoms with Crippen LogP contribution in [0, 0.1) is 5.92 Å². The van der Waals surface area contributed by atoms with Crippen molar-refractivity contribution < 1.29 is 4.74 Å². The summed E-state index contributed by atoms with van der Waals surface area (Å²) >= 11 is 0. The van der Waals surface area contributed by atoms with Crippen molar-refractivity contribution in [1.82, 2.24) is 9.80 Å². The zero-order valence-electron chi connectivity index (χ0n) is 9.99. The quantitative estimate of drug-likeness (QED) is 0.671. The minimum atomic E-state index is 0.584. The van der Waals surface area contributed by atoms with Crippen molar-refractivity contribution in [2.45, 2.75) is 19.9 Å². The fourth-order valence-electron chi connectivity index (χ4n) is 1.99. The molecule has 0 aliphatic carbocycles. The van der Waals surface area contributed by atoms with Crippen LogP contribution in [0.5, 0.6) is 0 Å². The zero-order valence-corrected chi connectivity index (χ0v) is 9.99. The van der Waals surface area contributed by atoms with Crippen LogP contribution in [0.3, 0.4) is 0 Å². The summed E-state index contributed by atoms with van der Waals surface area (Å²) in [5, 5.41) is 0. The van der Waals surface area contributed by atoms with Gasteiger partial charge < -0.3 is 9.64 Å². The molecule has 0 bridgehead atoms. The molecule has 3 heteroatoms. The summed E-state index contributed by atoms with van der Waals surface area (Å²) in [6.45, 7) is 9.75. The van der Waals surface area contributed by atoms with Crippen LogP contribution in [0.2, 0.25) is 0 Å². The highest BCUT2D eigenvalue weighted by Gasteiger charge is 2.23. The largest absolute Gasteiger partial charge is 0.378 e. The van der Waals surface area contributed by atoms with Crippen LogP contribution >= 0.6 is 0 Å². The smallest absolute Gasteiger partial charge is 0.0634 e. The molecule has 3 nitrogen and oxygen atoms in total. The highest BCUT2D eigenvalue weighted by Crippen LogP contribution is 2.10. The summed E-state index contributed by atoms with van der Waals surface area (Å²) in [5.74, 6) is 0.748. The van der Waals surface area contributed by atoms with E-state index >= 15 is 0 Å². The minimum absolute atomic E-state index is 0.584. The van der Waals surface area contributed by atoms with Crippen molar-refractivity contribution in [3.63, 3.8) is 0 Å². The molecule has 1 rings (SSSR count). The average molecular weight is 200 g/mol. The summed E-state index contributed by atoms with van der Waals surface area (Å²) in [6, 6.07) is 0.584. The van der Waals surface area contributed by atoms with Crippen molar-refractivity contribution in [3.8, 4) is 0 Å². The Kier molecular flexibility index (Phi) is 4.85. The van der Waals surface area contributed by atoms with E-state index in [4.69, 9.17) is 4.74 Å². The van der Waals surface area contributed by atoms with Gasteiger partial charge in [0.15, 0.2) is 0 Å². The summed E-state index contributed by atoms with van der Waals surface area (Å²) in [6.07, 6.45) is 0. The minimum Gasteiger partial charge on any atom is -0.378 e. The lowest BCUT2D eigenvalue weighted by molar-refractivity contribution is -0.0200. The third-order valence-corrected chi connectivity index (χ3v) is 2.53. The third kappa shape index (κ3) is 3.95. The fourth-order valence-corrected chi connectivity index (χ4v) is 1.99. The normalized spacial score (nSPS) is 24.9. The lowest BCUT2D eigenvalue weighted by Gasteiger charge is -2.37. The summed E-state index contributed by atoms with van der Waals surface area (Å²) in [4.78, 5) is 4.81. The fraction of sp³-hybridized carbons (Fsp3) is 1.00. The molecule has 14 heavy (non-hydrogen) atoms. The first-order valence-corrected chi connectivity index (χ1v) is 5.56. The Morgan fingerprint density at radius 3 is 2.71 bits per heavy atom. The van der Waals surface area contributed by atoms with Crippen LogP contribution in [-0.4, -0.2) is 62.8 Å². The first kappa shape index (κ1) is 12.0. The van der Waals surface area contributed by atoms with Gasteiger partial charge in [-0.05, 0) is 20.0 Å². The second kappa shape index (κ2) is 5.69. The SMILES string of the molecule is CC(C)CN1CCOCC1CN(C)C. The van der Waals surface area contributed by atoms with E-state index in [2.05, 4.69) is 37.7 Å². The average Bonchev–Trinajstić information content (AvgIpc) is 2.06. The van der Waals surface area contributed by atoms with Crippen LogP contribution in [-0.2, 0) is 4.74 Å². The van der Waals surface area contributed by atoms with Crippen LogP contribution in [0.4, 0.5) is 0 Å². The van der Waals surface area contributed by atoms with Gasteiger partial charge in [0.05, 0.1) is 13.2 Å². The van der Waals surface area contributed by atoms with E-state index in [-0.39, 0.29) is 0 Å². The van der Waals surface area contributed by atoms with E-state index < -0.39 is 0 Å². The Morgan fingerprint density at radius 2 is 2.14 bits per heavy atom. The molecule has 0 saturated carbocycles. The second-order valence-corrected chi connectivity index (χ2v) is 4.88. The number of likely N-dealkylation sites (N-methyl/N-ethyl adjacent to an activating group) is 1. The van der Waals surface area contributed by atoms with Gasteiger partial charge in [0.25, 0.3) is 0 Å². The molecular formula is C11H24N2O. The third-order valence-electron chi connectivity index (χ3n) is 2.53. The van der Waals surface area contributed by atoms with E-state index in [1.54, 1.807) is 0 Å². The van der Waals surface area contributed by atoms with Gasteiger partial charge in [0, 0.05) is 25.7 Å². The molecule has 84 valence electrons. The zero-order chi connectivity index (χ0) is 10.6. The summed E-state index contributed by atoms with van der Waals surface area (Å²) in [5.41, 5.74) is 0. The molecule has 1 unspecified atom stereocenters. The maximum Gasteiger partial charge on any atom is 0.0634 e. The topological polar surface area (TPSA) is 15.7 Å². The van der Waals surface area contributed by atoms with Crippen molar-refractivity contribution in [3.05, 3.63) is 0 Å². The molecule has 1 aliphatic heterocycles.